The monoisotopic (exact) mass is 191 g/mol. The standard InChI is InChI=1S/C7HF4NO/c8-3-2(1-12)7(13)6(11)5(10)4(3)9/h13H. The SMILES string of the molecule is N#Cc1c(O)c(F)c(F)c(F)c1F. The molecule has 1 aromatic rings. The van der Waals surface area contributed by atoms with Crippen LogP contribution in [0.1, 0.15) is 5.56 Å². The summed E-state index contributed by atoms with van der Waals surface area (Å²) in [5.41, 5.74) is -1.25. The molecule has 0 aliphatic heterocycles. The molecule has 0 saturated heterocycles. The van der Waals surface area contributed by atoms with E-state index in [1.807, 2.05) is 0 Å². The highest BCUT2D eigenvalue weighted by Gasteiger charge is 2.24. The highest BCUT2D eigenvalue weighted by Crippen LogP contribution is 2.28. The van der Waals surface area contributed by atoms with Gasteiger partial charge in [0.25, 0.3) is 0 Å². The van der Waals surface area contributed by atoms with E-state index in [1.54, 1.807) is 0 Å². The van der Waals surface area contributed by atoms with Gasteiger partial charge in [0.05, 0.1) is 0 Å². The second kappa shape index (κ2) is 2.94. The molecule has 0 spiro atoms. The van der Waals surface area contributed by atoms with Crippen LogP contribution in [0.5, 0.6) is 5.75 Å². The van der Waals surface area contributed by atoms with Gasteiger partial charge < -0.3 is 5.11 Å². The summed E-state index contributed by atoms with van der Waals surface area (Å²) < 4.78 is 49.7. The Morgan fingerprint density at radius 1 is 0.923 bits per heavy atom. The zero-order valence-corrected chi connectivity index (χ0v) is 5.91. The topological polar surface area (TPSA) is 44.0 Å². The van der Waals surface area contributed by atoms with Gasteiger partial charge in [-0.2, -0.15) is 9.65 Å². The van der Waals surface area contributed by atoms with Crippen molar-refractivity contribution in [3.8, 4) is 11.8 Å². The molecule has 1 aromatic carbocycles. The van der Waals surface area contributed by atoms with Gasteiger partial charge in [0.2, 0.25) is 11.6 Å². The summed E-state index contributed by atoms with van der Waals surface area (Å²) >= 11 is 0. The van der Waals surface area contributed by atoms with Crippen molar-refractivity contribution >= 4 is 0 Å². The molecule has 0 fully saturated rings. The number of aromatic hydroxyl groups is 1. The third-order valence-corrected chi connectivity index (χ3v) is 1.35. The normalized spacial score (nSPS) is 9.77. The third-order valence-electron chi connectivity index (χ3n) is 1.35. The number of nitriles is 1. The maximum atomic E-state index is 12.5. The van der Waals surface area contributed by atoms with Crippen molar-refractivity contribution < 1.29 is 22.7 Å². The fourth-order valence-corrected chi connectivity index (χ4v) is 0.722. The van der Waals surface area contributed by atoms with Crippen LogP contribution in [-0.2, 0) is 0 Å². The molecule has 0 aliphatic carbocycles. The summed E-state index contributed by atoms with van der Waals surface area (Å²) in [6.07, 6.45) is 0. The maximum absolute atomic E-state index is 12.5. The predicted octanol–water partition coefficient (Wildman–Crippen LogP) is 1.82. The van der Waals surface area contributed by atoms with Gasteiger partial charge in [-0.25, -0.2) is 13.2 Å². The molecular formula is C7HF4NO. The van der Waals surface area contributed by atoms with Crippen LogP contribution in [0.4, 0.5) is 17.6 Å². The summed E-state index contributed by atoms with van der Waals surface area (Å²) in [6, 6.07) is 1.00. The van der Waals surface area contributed by atoms with E-state index in [0.29, 0.717) is 0 Å². The summed E-state index contributed by atoms with van der Waals surface area (Å²) in [4.78, 5) is 0. The lowest BCUT2D eigenvalue weighted by atomic mass is 10.2. The van der Waals surface area contributed by atoms with E-state index < -0.39 is 34.6 Å². The molecule has 0 unspecified atom stereocenters. The van der Waals surface area contributed by atoms with Crippen molar-refractivity contribution in [3.63, 3.8) is 0 Å². The lowest BCUT2D eigenvalue weighted by Gasteiger charge is -2.01. The van der Waals surface area contributed by atoms with Gasteiger partial charge in [0.1, 0.15) is 11.6 Å². The van der Waals surface area contributed by atoms with Crippen LogP contribution in [0.25, 0.3) is 0 Å². The Morgan fingerprint density at radius 2 is 1.38 bits per heavy atom. The first kappa shape index (κ1) is 9.32. The molecule has 1 rings (SSSR count). The first-order valence-corrected chi connectivity index (χ1v) is 2.95. The fourth-order valence-electron chi connectivity index (χ4n) is 0.722. The highest BCUT2D eigenvalue weighted by molar-refractivity contribution is 5.44. The van der Waals surface area contributed by atoms with Crippen molar-refractivity contribution in [2.24, 2.45) is 0 Å². The van der Waals surface area contributed by atoms with Crippen molar-refractivity contribution in [2.75, 3.05) is 0 Å². The number of halogens is 4. The molecule has 0 aromatic heterocycles. The van der Waals surface area contributed by atoms with Crippen LogP contribution in [0.3, 0.4) is 0 Å². The van der Waals surface area contributed by atoms with Crippen LogP contribution >= 0.6 is 0 Å². The second-order valence-electron chi connectivity index (χ2n) is 2.09. The lowest BCUT2D eigenvalue weighted by Crippen LogP contribution is -1.99. The molecule has 6 heteroatoms. The van der Waals surface area contributed by atoms with Crippen LogP contribution in [0.2, 0.25) is 0 Å². The molecule has 0 radical (unpaired) electrons. The molecule has 0 heterocycles. The van der Waals surface area contributed by atoms with Crippen LogP contribution < -0.4 is 0 Å². The van der Waals surface area contributed by atoms with Crippen LogP contribution in [0.15, 0.2) is 0 Å². The summed E-state index contributed by atoms with van der Waals surface area (Å²) in [6.45, 7) is 0. The highest BCUT2D eigenvalue weighted by atomic mass is 19.2. The van der Waals surface area contributed by atoms with Crippen molar-refractivity contribution in [3.05, 3.63) is 28.8 Å². The number of phenolic OH excluding ortho intramolecular Hbond substituents is 1. The Bertz CT molecular complexity index is 381. The number of rotatable bonds is 0. The zero-order valence-electron chi connectivity index (χ0n) is 5.91. The number of hydrogen-bond donors (Lipinski definition) is 1. The third kappa shape index (κ3) is 1.18. The van der Waals surface area contributed by atoms with Gasteiger partial charge in [-0.05, 0) is 0 Å². The van der Waals surface area contributed by atoms with E-state index in [-0.39, 0.29) is 0 Å². The number of phenols is 1. The molecule has 0 saturated carbocycles. The van der Waals surface area contributed by atoms with Gasteiger partial charge in [-0.1, -0.05) is 0 Å². The Morgan fingerprint density at radius 3 is 1.85 bits per heavy atom. The Kier molecular flexibility index (Phi) is 2.10. The second-order valence-corrected chi connectivity index (χ2v) is 2.09. The number of benzene rings is 1. The van der Waals surface area contributed by atoms with Crippen LogP contribution in [0, 0.1) is 34.6 Å². The minimum absolute atomic E-state index is 1.00. The maximum Gasteiger partial charge on any atom is 0.205 e. The van der Waals surface area contributed by atoms with Gasteiger partial charge in [-0.3, -0.25) is 0 Å². The summed E-state index contributed by atoms with van der Waals surface area (Å²) in [5, 5.41) is 16.8. The molecule has 0 amide bonds. The molecule has 2 nitrogen and oxygen atoms in total. The molecule has 13 heavy (non-hydrogen) atoms. The average molecular weight is 191 g/mol. The minimum atomic E-state index is -2.14. The van der Waals surface area contributed by atoms with E-state index in [4.69, 9.17) is 10.4 Å². The smallest absolute Gasteiger partial charge is 0.205 e. The Balaban J connectivity index is 3.69. The first-order chi connectivity index (χ1) is 6.00. The van der Waals surface area contributed by atoms with Crippen molar-refractivity contribution in [2.45, 2.75) is 0 Å². The molecule has 1 N–H and O–H groups in total. The first-order valence-electron chi connectivity index (χ1n) is 2.95. The van der Waals surface area contributed by atoms with E-state index in [2.05, 4.69) is 0 Å². The van der Waals surface area contributed by atoms with E-state index in [0.717, 1.165) is 6.07 Å². The largest absolute Gasteiger partial charge is 0.504 e. The molecule has 0 atom stereocenters. The van der Waals surface area contributed by atoms with E-state index in [9.17, 15) is 17.6 Å². The van der Waals surface area contributed by atoms with Crippen molar-refractivity contribution in [1.82, 2.24) is 0 Å². The molecule has 0 bridgehead atoms. The minimum Gasteiger partial charge on any atom is -0.504 e. The van der Waals surface area contributed by atoms with E-state index in [1.165, 1.54) is 0 Å². The van der Waals surface area contributed by atoms with Crippen LogP contribution in [-0.4, -0.2) is 5.11 Å². The van der Waals surface area contributed by atoms with Crippen molar-refractivity contribution in [1.29, 1.82) is 5.26 Å². The quantitative estimate of drug-likeness (QED) is 0.386. The van der Waals surface area contributed by atoms with Gasteiger partial charge in [-0.15, -0.1) is 0 Å². The summed E-state index contributed by atoms with van der Waals surface area (Å²) in [7, 11) is 0. The van der Waals surface area contributed by atoms with E-state index >= 15 is 0 Å². The fraction of sp³-hybridized carbons (Fsp3) is 0. The number of hydrogen-bond acceptors (Lipinski definition) is 2. The molecule has 0 aliphatic rings. The molecule has 68 valence electrons. The number of nitrogens with zero attached hydrogens (tertiary/aromatic N) is 1. The average Bonchev–Trinajstić information content (AvgIpc) is 2.13. The Hall–Kier alpha value is -1.77. The van der Waals surface area contributed by atoms with Gasteiger partial charge in [0, 0.05) is 0 Å². The lowest BCUT2D eigenvalue weighted by molar-refractivity contribution is 0.363. The van der Waals surface area contributed by atoms with Gasteiger partial charge >= 0.3 is 0 Å². The zero-order chi connectivity index (χ0) is 10.2. The Labute approximate surface area is 69.6 Å². The molecular weight excluding hydrogens is 190 g/mol. The van der Waals surface area contributed by atoms with Gasteiger partial charge in [0.15, 0.2) is 17.4 Å². The summed E-state index contributed by atoms with van der Waals surface area (Å²) in [5.74, 6) is -9.67. The predicted molar refractivity (Wildman–Crippen MR) is 32.7 cm³/mol.